The number of anilines is 1. The van der Waals surface area contributed by atoms with Crippen LogP contribution in [0, 0.1) is 3.57 Å². The van der Waals surface area contributed by atoms with Crippen LogP contribution in [-0.4, -0.2) is 16.0 Å². The SMILES string of the molecule is O=C(Nc1ccc(CO)cc1I)c1cc2ccccc2[nH]c1=O. The summed E-state index contributed by atoms with van der Waals surface area (Å²) in [5, 5.41) is 12.6. The summed E-state index contributed by atoms with van der Waals surface area (Å²) in [7, 11) is 0. The molecule has 3 aromatic rings. The number of aromatic nitrogens is 1. The van der Waals surface area contributed by atoms with Crippen molar-refractivity contribution < 1.29 is 9.90 Å². The highest BCUT2D eigenvalue weighted by molar-refractivity contribution is 14.1. The highest BCUT2D eigenvalue weighted by Gasteiger charge is 2.13. The molecule has 0 atom stereocenters. The van der Waals surface area contributed by atoms with Gasteiger partial charge in [-0.25, -0.2) is 0 Å². The van der Waals surface area contributed by atoms with Crippen LogP contribution in [0.2, 0.25) is 0 Å². The van der Waals surface area contributed by atoms with Gasteiger partial charge in [-0.2, -0.15) is 0 Å². The van der Waals surface area contributed by atoms with Crippen LogP contribution < -0.4 is 10.9 Å². The Hall–Kier alpha value is -2.19. The van der Waals surface area contributed by atoms with Crippen molar-refractivity contribution in [3.63, 3.8) is 0 Å². The number of carbonyl (C=O) groups is 1. The van der Waals surface area contributed by atoms with E-state index in [4.69, 9.17) is 5.11 Å². The van der Waals surface area contributed by atoms with Crippen molar-refractivity contribution in [3.8, 4) is 0 Å². The first-order valence-corrected chi connectivity index (χ1v) is 7.99. The van der Waals surface area contributed by atoms with Crippen LogP contribution in [0.25, 0.3) is 10.9 Å². The third-order valence-corrected chi connectivity index (χ3v) is 4.35. The fourth-order valence-electron chi connectivity index (χ4n) is 2.26. The number of benzene rings is 2. The van der Waals surface area contributed by atoms with Gasteiger partial charge < -0.3 is 15.4 Å². The number of H-pyrrole nitrogens is 1. The van der Waals surface area contributed by atoms with E-state index in [0.717, 1.165) is 14.5 Å². The van der Waals surface area contributed by atoms with Crippen molar-refractivity contribution in [2.24, 2.45) is 0 Å². The molecule has 0 unspecified atom stereocenters. The predicted molar refractivity (Wildman–Crippen MR) is 97.6 cm³/mol. The molecule has 3 N–H and O–H groups in total. The van der Waals surface area contributed by atoms with Crippen molar-refractivity contribution in [1.82, 2.24) is 4.98 Å². The third-order valence-electron chi connectivity index (χ3n) is 3.46. The lowest BCUT2D eigenvalue weighted by molar-refractivity contribution is 0.102. The lowest BCUT2D eigenvalue weighted by Gasteiger charge is -2.09. The maximum atomic E-state index is 12.4. The Balaban J connectivity index is 1.94. The number of rotatable bonds is 3. The molecule has 0 spiro atoms. The number of aliphatic hydroxyl groups is 1. The van der Waals surface area contributed by atoms with E-state index >= 15 is 0 Å². The minimum atomic E-state index is -0.466. The Labute approximate surface area is 145 Å². The molecule has 0 aliphatic heterocycles. The van der Waals surface area contributed by atoms with Crippen LogP contribution in [0.15, 0.2) is 53.3 Å². The zero-order chi connectivity index (χ0) is 16.4. The lowest BCUT2D eigenvalue weighted by atomic mass is 10.1. The summed E-state index contributed by atoms with van der Waals surface area (Å²) in [6, 6.07) is 14.1. The number of pyridine rings is 1. The standard InChI is InChI=1S/C17H13IN2O3/c18-13-7-10(9-21)5-6-15(13)20-17(23)12-8-11-3-1-2-4-14(11)19-16(12)22/h1-8,21H,9H2,(H,19,22)(H,20,23). The molecule has 0 radical (unpaired) electrons. The molecule has 23 heavy (non-hydrogen) atoms. The van der Waals surface area contributed by atoms with Gasteiger partial charge in [-0.15, -0.1) is 0 Å². The molecule has 3 rings (SSSR count). The summed E-state index contributed by atoms with van der Waals surface area (Å²) in [6.45, 7) is -0.0609. The van der Waals surface area contributed by atoms with Crippen molar-refractivity contribution in [2.75, 3.05) is 5.32 Å². The summed E-state index contributed by atoms with van der Waals surface area (Å²) in [4.78, 5) is 27.2. The van der Waals surface area contributed by atoms with Crippen LogP contribution in [0.4, 0.5) is 5.69 Å². The van der Waals surface area contributed by atoms with E-state index in [1.165, 1.54) is 0 Å². The number of amides is 1. The summed E-state index contributed by atoms with van der Waals surface area (Å²) in [6.07, 6.45) is 0. The Bertz CT molecular complexity index is 950. The fraction of sp³-hybridized carbons (Fsp3) is 0.0588. The van der Waals surface area contributed by atoms with E-state index in [1.807, 2.05) is 18.2 Å². The molecule has 0 fully saturated rings. The van der Waals surface area contributed by atoms with E-state index in [2.05, 4.69) is 32.9 Å². The molecule has 1 amide bonds. The number of halogens is 1. The molecule has 0 saturated carbocycles. The minimum Gasteiger partial charge on any atom is -0.392 e. The number of aliphatic hydroxyl groups excluding tert-OH is 1. The summed E-state index contributed by atoms with van der Waals surface area (Å²) < 4.78 is 0.791. The number of fused-ring (bicyclic) bond motifs is 1. The van der Waals surface area contributed by atoms with E-state index in [-0.39, 0.29) is 12.2 Å². The largest absolute Gasteiger partial charge is 0.392 e. The number of aromatic amines is 1. The molecule has 116 valence electrons. The highest BCUT2D eigenvalue weighted by Crippen LogP contribution is 2.20. The Morgan fingerprint density at radius 1 is 1.17 bits per heavy atom. The Morgan fingerprint density at radius 2 is 1.96 bits per heavy atom. The second-order valence-electron chi connectivity index (χ2n) is 5.03. The maximum absolute atomic E-state index is 12.4. The second-order valence-corrected chi connectivity index (χ2v) is 6.19. The smallest absolute Gasteiger partial charge is 0.261 e. The van der Waals surface area contributed by atoms with Crippen LogP contribution >= 0.6 is 22.6 Å². The van der Waals surface area contributed by atoms with Crippen molar-refractivity contribution in [3.05, 3.63) is 73.6 Å². The third kappa shape index (κ3) is 3.27. The van der Waals surface area contributed by atoms with Crippen molar-refractivity contribution >= 4 is 45.1 Å². The first-order chi connectivity index (χ1) is 11.1. The second kappa shape index (κ2) is 6.51. The van der Waals surface area contributed by atoms with Gasteiger partial charge in [0.1, 0.15) is 5.56 Å². The monoisotopic (exact) mass is 420 g/mol. The maximum Gasteiger partial charge on any atom is 0.261 e. The van der Waals surface area contributed by atoms with Gasteiger partial charge in [-0.05, 0) is 57.8 Å². The van der Waals surface area contributed by atoms with Crippen LogP contribution in [-0.2, 0) is 6.61 Å². The Kier molecular flexibility index (Phi) is 4.44. The number of hydrogen-bond donors (Lipinski definition) is 3. The molecule has 0 aliphatic carbocycles. The predicted octanol–water partition coefficient (Wildman–Crippen LogP) is 2.88. The summed E-state index contributed by atoms with van der Waals surface area (Å²) in [5.74, 6) is -0.466. The molecule has 1 heterocycles. The first-order valence-electron chi connectivity index (χ1n) is 6.91. The number of carbonyl (C=O) groups excluding carboxylic acids is 1. The number of nitrogens with one attached hydrogen (secondary N) is 2. The van der Waals surface area contributed by atoms with Gasteiger partial charge in [-0.1, -0.05) is 24.3 Å². The van der Waals surface area contributed by atoms with Gasteiger partial charge in [0.2, 0.25) is 0 Å². The average Bonchev–Trinajstić information content (AvgIpc) is 2.55. The molecule has 0 aliphatic rings. The van der Waals surface area contributed by atoms with Crippen molar-refractivity contribution in [2.45, 2.75) is 6.61 Å². The molecule has 0 bridgehead atoms. The fourth-order valence-corrected chi connectivity index (χ4v) is 2.98. The van der Waals surface area contributed by atoms with E-state index in [1.54, 1.807) is 30.3 Å². The molecule has 2 aromatic carbocycles. The molecule has 1 aromatic heterocycles. The normalized spacial score (nSPS) is 10.7. The minimum absolute atomic E-state index is 0.0609. The average molecular weight is 420 g/mol. The first kappa shape index (κ1) is 15.7. The summed E-state index contributed by atoms with van der Waals surface area (Å²) >= 11 is 2.07. The van der Waals surface area contributed by atoms with E-state index < -0.39 is 11.5 Å². The van der Waals surface area contributed by atoms with Crippen LogP contribution in [0.1, 0.15) is 15.9 Å². The number of para-hydroxylation sites is 1. The van der Waals surface area contributed by atoms with Gasteiger partial charge in [0.25, 0.3) is 11.5 Å². The number of hydrogen-bond acceptors (Lipinski definition) is 3. The van der Waals surface area contributed by atoms with E-state index in [9.17, 15) is 9.59 Å². The molecular weight excluding hydrogens is 407 g/mol. The van der Waals surface area contributed by atoms with Crippen molar-refractivity contribution in [1.29, 1.82) is 0 Å². The van der Waals surface area contributed by atoms with Gasteiger partial charge in [-0.3, -0.25) is 9.59 Å². The topological polar surface area (TPSA) is 82.2 Å². The summed E-state index contributed by atoms with van der Waals surface area (Å²) in [5.41, 5.74) is 1.68. The Morgan fingerprint density at radius 3 is 2.70 bits per heavy atom. The van der Waals surface area contributed by atoms with Gasteiger partial charge in [0, 0.05) is 9.09 Å². The zero-order valence-corrected chi connectivity index (χ0v) is 14.1. The molecule has 5 nitrogen and oxygen atoms in total. The van der Waals surface area contributed by atoms with Gasteiger partial charge in [0.05, 0.1) is 12.3 Å². The van der Waals surface area contributed by atoms with Crippen LogP contribution in [0.5, 0.6) is 0 Å². The molecule has 0 saturated heterocycles. The molecular formula is C17H13IN2O3. The van der Waals surface area contributed by atoms with Gasteiger partial charge >= 0.3 is 0 Å². The van der Waals surface area contributed by atoms with Crippen LogP contribution in [0.3, 0.4) is 0 Å². The highest BCUT2D eigenvalue weighted by atomic mass is 127. The quantitative estimate of drug-likeness (QED) is 0.570. The lowest BCUT2D eigenvalue weighted by Crippen LogP contribution is -2.23. The van der Waals surface area contributed by atoms with Gasteiger partial charge in [0.15, 0.2) is 0 Å². The molecule has 6 heteroatoms. The zero-order valence-electron chi connectivity index (χ0n) is 12.0. The van der Waals surface area contributed by atoms with E-state index in [0.29, 0.717) is 11.2 Å².